The minimum Gasteiger partial charge on any atom is -0.314 e. The van der Waals surface area contributed by atoms with Gasteiger partial charge in [-0.1, -0.05) is 66.2 Å². The lowest BCUT2D eigenvalue weighted by molar-refractivity contribution is 0.268. The van der Waals surface area contributed by atoms with Crippen molar-refractivity contribution >= 4 is 0 Å². The Morgan fingerprint density at radius 3 is 1.94 bits per heavy atom. The molecule has 0 aliphatic carbocycles. The second-order valence-electron chi connectivity index (χ2n) is 5.81. The molecule has 0 aliphatic heterocycles. The van der Waals surface area contributed by atoms with Gasteiger partial charge in [-0.15, -0.1) is 0 Å². The molecule has 2 atom stereocenters. The Balaban J connectivity index is 3.70. The minimum atomic E-state index is 0.677. The molecule has 1 nitrogen and oxygen atoms in total. The molecule has 17 heavy (non-hydrogen) atoms. The number of hydrogen-bond donors (Lipinski definition) is 1. The summed E-state index contributed by atoms with van der Waals surface area (Å²) >= 11 is 0. The number of unbranched alkanes of at least 4 members (excludes halogenated alkanes) is 5. The first kappa shape index (κ1) is 17.0. The molecule has 0 heterocycles. The first-order valence-electron chi connectivity index (χ1n) is 7.86. The average Bonchev–Trinajstić information content (AvgIpc) is 2.27. The van der Waals surface area contributed by atoms with Crippen LogP contribution in [0.5, 0.6) is 0 Å². The molecule has 0 aliphatic rings. The average molecular weight is 241 g/mol. The van der Waals surface area contributed by atoms with Gasteiger partial charge in [-0.3, -0.25) is 0 Å². The molecule has 0 amide bonds. The zero-order chi connectivity index (χ0) is 13.1. The third-order valence-corrected chi connectivity index (χ3v) is 3.92. The van der Waals surface area contributed by atoms with Crippen LogP contribution in [-0.4, -0.2) is 12.6 Å². The maximum absolute atomic E-state index is 3.59. The Bertz CT molecular complexity index is 154. The predicted octanol–water partition coefficient (Wildman–Crippen LogP) is 5.01. The molecule has 0 fully saturated rings. The SMILES string of the molecule is CCCCCCCCC(C(C)C)C(C)NCC. The Morgan fingerprint density at radius 1 is 0.824 bits per heavy atom. The standard InChI is InChI=1S/C16H35N/c1-6-8-9-10-11-12-13-16(14(3)4)15(5)17-7-2/h14-17H,6-13H2,1-5H3. The van der Waals surface area contributed by atoms with Gasteiger partial charge in [-0.25, -0.2) is 0 Å². The summed E-state index contributed by atoms with van der Waals surface area (Å²) in [7, 11) is 0. The van der Waals surface area contributed by atoms with Crippen LogP contribution in [0.15, 0.2) is 0 Å². The molecule has 104 valence electrons. The van der Waals surface area contributed by atoms with Crippen molar-refractivity contribution in [2.45, 2.75) is 85.6 Å². The number of nitrogens with one attached hydrogen (secondary N) is 1. The van der Waals surface area contributed by atoms with Crippen molar-refractivity contribution in [1.29, 1.82) is 0 Å². The maximum atomic E-state index is 3.59. The first-order chi connectivity index (χ1) is 8.13. The summed E-state index contributed by atoms with van der Waals surface area (Å²) in [6, 6.07) is 0.677. The van der Waals surface area contributed by atoms with Crippen LogP contribution in [-0.2, 0) is 0 Å². The first-order valence-corrected chi connectivity index (χ1v) is 7.86. The second kappa shape index (κ2) is 11.1. The van der Waals surface area contributed by atoms with E-state index < -0.39 is 0 Å². The molecule has 0 aromatic heterocycles. The van der Waals surface area contributed by atoms with Gasteiger partial charge in [0.05, 0.1) is 0 Å². The Kier molecular flexibility index (Phi) is 11.0. The van der Waals surface area contributed by atoms with Crippen molar-refractivity contribution in [2.24, 2.45) is 11.8 Å². The lowest BCUT2D eigenvalue weighted by Crippen LogP contribution is -2.36. The fourth-order valence-corrected chi connectivity index (χ4v) is 2.79. The van der Waals surface area contributed by atoms with E-state index in [-0.39, 0.29) is 0 Å². The van der Waals surface area contributed by atoms with Crippen molar-refractivity contribution < 1.29 is 0 Å². The van der Waals surface area contributed by atoms with E-state index in [1.54, 1.807) is 0 Å². The van der Waals surface area contributed by atoms with Gasteiger partial charge < -0.3 is 5.32 Å². The normalized spacial score (nSPS) is 15.2. The molecule has 1 N–H and O–H groups in total. The van der Waals surface area contributed by atoms with Crippen LogP contribution in [0.4, 0.5) is 0 Å². The molecule has 0 saturated heterocycles. The zero-order valence-electron chi connectivity index (χ0n) is 12.9. The van der Waals surface area contributed by atoms with Gasteiger partial charge in [0.2, 0.25) is 0 Å². The predicted molar refractivity (Wildman–Crippen MR) is 79.5 cm³/mol. The largest absolute Gasteiger partial charge is 0.314 e. The van der Waals surface area contributed by atoms with Crippen LogP contribution in [0.25, 0.3) is 0 Å². The molecule has 2 unspecified atom stereocenters. The van der Waals surface area contributed by atoms with Gasteiger partial charge in [-0.2, -0.15) is 0 Å². The monoisotopic (exact) mass is 241 g/mol. The Hall–Kier alpha value is -0.0400. The van der Waals surface area contributed by atoms with Crippen LogP contribution in [0.3, 0.4) is 0 Å². The van der Waals surface area contributed by atoms with E-state index in [1.165, 1.54) is 44.9 Å². The molecule has 0 spiro atoms. The summed E-state index contributed by atoms with van der Waals surface area (Å²) in [6.45, 7) is 12.7. The number of rotatable bonds is 11. The Labute approximate surface area is 110 Å². The van der Waals surface area contributed by atoms with Crippen LogP contribution < -0.4 is 5.32 Å². The maximum Gasteiger partial charge on any atom is 0.00693 e. The molecular weight excluding hydrogens is 206 g/mol. The molecule has 0 rings (SSSR count). The van der Waals surface area contributed by atoms with Crippen LogP contribution in [0, 0.1) is 11.8 Å². The highest BCUT2D eigenvalue weighted by molar-refractivity contribution is 4.74. The summed E-state index contributed by atoms with van der Waals surface area (Å²) in [4.78, 5) is 0. The van der Waals surface area contributed by atoms with Gasteiger partial charge in [0.15, 0.2) is 0 Å². The lowest BCUT2D eigenvalue weighted by atomic mass is 9.84. The van der Waals surface area contributed by atoms with E-state index in [9.17, 15) is 0 Å². The fraction of sp³-hybridized carbons (Fsp3) is 1.00. The van der Waals surface area contributed by atoms with Crippen LogP contribution in [0.2, 0.25) is 0 Å². The molecule has 0 radical (unpaired) electrons. The van der Waals surface area contributed by atoms with Crippen LogP contribution >= 0.6 is 0 Å². The highest BCUT2D eigenvalue weighted by Crippen LogP contribution is 2.22. The third-order valence-electron chi connectivity index (χ3n) is 3.92. The lowest BCUT2D eigenvalue weighted by Gasteiger charge is -2.28. The van der Waals surface area contributed by atoms with Gasteiger partial charge in [0.25, 0.3) is 0 Å². The molecule has 1 heteroatoms. The highest BCUT2D eigenvalue weighted by Gasteiger charge is 2.19. The van der Waals surface area contributed by atoms with Crippen molar-refractivity contribution in [1.82, 2.24) is 5.32 Å². The molecule has 0 saturated carbocycles. The highest BCUT2D eigenvalue weighted by atomic mass is 14.9. The summed E-state index contributed by atoms with van der Waals surface area (Å²) in [5, 5.41) is 3.59. The van der Waals surface area contributed by atoms with Crippen molar-refractivity contribution in [2.75, 3.05) is 6.54 Å². The van der Waals surface area contributed by atoms with E-state index in [0.717, 1.165) is 18.4 Å². The van der Waals surface area contributed by atoms with Gasteiger partial charge in [-0.05, 0) is 31.7 Å². The van der Waals surface area contributed by atoms with E-state index >= 15 is 0 Å². The third kappa shape index (κ3) is 8.65. The van der Waals surface area contributed by atoms with Crippen molar-refractivity contribution in [3.8, 4) is 0 Å². The molecular formula is C16H35N. The Morgan fingerprint density at radius 2 is 1.41 bits per heavy atom. The van der Waals surface area contributed by atoms with E-state index in [4.69, 9.17) is 0 Å². The fourth-order valence-electron chi connectivity index (χ4n) is 2.79. The van der Waals surface area contributed by atoms with Gasteiger partial charge >= 0.3 is 0 Å². The minimum absolute atomic E-state index is 0.677. The van der Waals surface area contributed by atoms with Crippen LogP contribution in [0.1, 0.15) is 79.6 Å². The summed E-state index contributed by atoms with van der Waals surface area (Å²) < 4.78 is 0. The number of hydrogen-bond acceptors (Lipinski definition) is 1. The topological polar surface area (TPSA) is 12.0 Å². The van der Waals surface area contributed by atoms with Crippen molar-refractivity contribution in [3.05, 3.63) is 0 Å². The molecule has 0 aromatic carbocycles. The van der Waals surface area contributed by atoms with E-state index in [0.29, 0.717) is 6.04 Å². The zero-order valence-corrected chi connectivity index (χ0v) is 12.9. The summed E-state index contributed by atoms with van der Waals surface area (Å²) in [6.07, 6.45) is 9.90. The quantitative estimate of drug-likeness (QED) is 0.502. The van der Waals surface area contributed by atoms with Gasteiger partial charge in [0.1, 0.15) is 0 Å². The smallest absolute Gasteiger partial charge is 0.00693 e. The second-order valence-corrected chi connectivity index (χ2v) is 5.81. The summed E-state index contributed by atoms with van der Waals surface area (Å²) in [5.41, 5.74) is 0. The molecule has 0 bridgehead atoms. The van der Waals surface area contributed by atoms with E-state index in [2.05, 4.69) is 39.9 Å². The van der Waals surface area contributed by atoms with E-state index in [1.807, 2.05) is 0 Å². The van der Waals surface area contributed by atoms with Gasteiger partial charge in [0, 0.05) is 6.04 Å². The van der Waals surface area contributed by atoms with Crippen molar-refractivity contribution in [3.63, 3.8) is 0 Å². The molecule has 0 aromatic rings. The summed E-state index contributed by atoms with van der Waals surface area (Å²) in [5.74, 6) is 1.65.